The smallest absolute Gasteiger partial charge is 0.367 e. The molecule has 1 aliphatic rings. The minimum atomic E-state index is -4.68. The Morgan fingerprint density at radius 3 is 2.40 bits per heavy atom. The average Bonchev–Trinajstić information content (AvgIpc) is 2.71. The van der Waals surface area contributed by atoms with E-state index in [1.165, 1.54) is 0 Å². The number of piperazine rings is 1. The summed E-state index contributed by atoms with van der Waals surface area (Å²) in [6.45, 7) is 2.08. The van der Waals surface area contributed by atoms with Crippen molar-refractivity contribution < 1.29 is 22.9 Å². The van der Waals surface area contributed by atoms with Gasteiger partial charge in [-0.2, -0.15) is 13.2 Å². The highest BCUT2D eigenvalue weighted by molar-refractivity contribution is 8.00. The summed E-state index contributed by atoms with van der Waals surface area (Å²) in [6.07, 6.45) is -4.68. The number of anilines is 1. The van der Waals surface area contributed by atoms with Crippen LogP contribution in [0.2, 0.25) is 5.02 Å². The first kappa shape index (κ1) is 22.2. The number of para-hydroxylation sites is 1. The highest BCUT2D eigenvalue weighted by Gasteiger charge is 2.33. The lowest BCUT2D eigenvalue weighted by Gasteiger charge is -2.36. The lowest BCUT2D eigenvalue weighted by Crippen LogP contribution is -2.49. The van der Waals surface area contributed by atoms with Gasteiger partial charge in [0.25, 0.3) is 5.69 Å². The Labute approximate surface area is 179 Å². The van der Waals surface area contributed by atoms with Gasteiger partial charge in [0.1, 0.15) is 0 Å². The van der Waals surface area contributed by atoms with Crippen molar-refractivity contribution in [2.45, 2.75) is 11.1 Å². The van der Waals surface area contributed by atoms with Gasteiger partial charge in [0.15, 0.2) is 0 Å². The molecule has 0 N–H and O–H groups in total. The van der Waals surface area contributed by atoms with Crippen molar-refractivity contribution in [2.75, 3.05) is 36.8 Å². The van der Waals surface area contributed by atoms with Crippen LogP contribution in [0.1, 0.15) is 5.56 Å². The topological polar surface area (TPSA) is 66.7 Å². The predicted molar refractivity (Wildman–Crippen MR) is 109 cm³/mol. The van der Waals surface area contributed by atoms with Gasteiger partial charge in [0, 0.05) is 32.2 Å². The number of halogens is 4. The van der Waals surface area contributed by atoms with Crippen molar-refractivity contribution in [2.24, 2.45) is 0 Å². The van der Waals surface area contributed by atoms with Crippen molar-refractivity contribution in [3.05, 3.63) is 63.2 Å². The number of amides is 1. The first-order valence-electron chi connectivity index (χ1n) is 8.92. The molecule has 30 heavy (non-hydrogen) atoms. The third-order valence-corrected chi connectivity index (χ3v) is 6.03. The molecular weight excluding hydrogens is 443 g/mol. The second-order valence-corrected chi connectivity index (χ2v) is 7.97. The Bertz CT molecular complexity index is 950. The molecule has 0 radical (unpaired) electrons. The number of carbonyl (C=O) groups is 1. The molecular formula is C19H17ClF3N3O3S. The summed E-state index contributed by atoms with van der Waals surface area (Å²) in [7, 11) is 0. The second-order valence-electron chi connectivity index (χ2n) is 6.55. The van der Waals surface area contributed by atoms with Crippen molar-refractivity contribution in [1.82, 2.24) is 4.90 Å². The van der Waals surface area contributed by atoms with E-state index in [0.717, 1.165) is 29.6 Å². The van der Waals surface area contributed by atoms with E-state index in [0.29, 0.717) is 37.3 Å². The molecule has 2 aromatic rings. The molecule has 0 unspecified atom stereocenters. The zero-order valence-corrected chi connectivity index (χ0v) is 17.1. The summed E-state index contributed by atoms with van der Waals surface area (Å²) in [5.41, 5.74) is -0.868. The lowest BCUT2D eigenvalue weighted by molar-refractivity contribution is -0.388. The molecule has 0 atom stereocenters. The average molecular weight is 460 g/mol. The molecule has 0 bridgehead atoms. The standard InChI is InChI=1S/C19H17ClF3N3O3S/c20-14-3-1-2-4-15(14)24-7-9-25(10-8-24)18(27)12-30-17-6-5-13(19(21,22)23)11-16(17)26(28)29/h1-6,11H,7-10,12H2. The molecule has 0 aliphatic carbocycles. The zero-order valence-electron chi connectivity index (χ0n) is 15.6. The number of thioether (sulfide) groups is 1. The van der Waals surface area contributed by atoms with Gasteiger partial charge in [0.05, 0.1) is 31.8 Å². The number of hydrogen-bond acceptors (Lipinski definition) is 5. The van der Waals surface area contributed by atoms with Crippen LogP contribution in [-0.4, -0.2) is 47.7 Å². The lowest BCUT2D eigenvalue weighted by atomic mass is 10.2. The van der Waals surface area contributed by atoms with E-state index in [1.54, 1.807) is 11.0 Å². The molecule has 1 fully saturated rings. The number of nitro groups is 1. The molecule has 11 heteroatoms. The van der Waals surface area contributed by atoms with Gasteiger partial charge >= 0.3 is 6.18 Å². The monoisotopic (exact) mass is 459 g/mol. The van der Waals surface area contributed by atoms with Crippen LogP contribution in [0.4, 0.5) is 24.5 Å². The van der Waals surface area contributed by atoms with Crippen molar-refractivity contribution in [1.29, 1.82) is 0 Å². The van der Waals surface area contributed by atoms with Crippen LogP contribution < -0.4 is 4.90 Å². The number of nitro benzene ring substituents is 1. The first-order valence-corrected chi connectivity index (χ1v) is 10.3. The largest absolute Gasteiger partial charge is 0.416 e. The summed E-state index contributed by atoms with van der Waals surface area (Å²) in [5.74, 6) is -0.328. The molecule has 1 saturated heterocycles. The van der Waals surface area contributed by atoms with Gasteiger partial charge in [-0.15, -0.1) is 11.8 Å². The third kappa shape index (κ3) is 5.17. The maximum absolute atomic E-state index is 12.8. The van der Waals surface area contributed by atoms with E-state index in [-0.39, 0.29) is 16.6 Å². The molecule has 0 spiro atoms. The molecule has 3 rings (SSSR count). The van der Waals surface area contributed by atoms with Crippen LogP contribution in [0.25, 0.3) is 0 Å². The number of hydrogen-bond donors (Lipinski definition) is 0. The van der Waals surface area contributed by atoms with E-state index in [9.17, 15) is 28.1 Å². The highest BCUT2D eigenvalue weighted by atomic mass is 35.5. The minimum Gasteiger partial charge on any atom is -0.367 e. The Balaban J connectivity index is 1.60. The van der Waals surface area contributed by atoms with E-state index in [1.807, 2.05) is 18.2 Å². The third-order valence-electron chi connectivity index (χ3n) is 4.66. The zero-order chi connectivity index (χ0) is 21.9. The summed E-state index contributed by atoms with van der Waals surface area (Å²) >= 11 is 7.06. The molecule has 0 aromatic heterocycles. The van der Waals surface area contributed by atoms with Crippen LogP contribution >= 0.6 is 23.4 Å². The quantitative estimate of drug-likeness (QED) is 0.368. The summed E-state index contributed by atoms with van der Waals surface area (Å²) in [4.78, 5) is 26.5. The molecule has 1 amide bonds. The number of nitrogens with zero attached hydrogens (tertiary/aromatic N) is 3. The SMILES string of the molecule is O=C(CSc1ccc(C(F)(F)F)cc1[N+](=O)[O-])N1CCN(c2ccccc2Cl)CC1. The van der Waals surface area contributed by atoms with E-state index >= 15 is 0 Å². The Kier molecular flexibility index (Phi) is 6.77. The van der Waals surface area contributed by atoms with Crippen LogP contribution in [0.15, 0.2) is 47.4 Å². The molecule has 2 aromatic carbocycles. The Morgan fingerprint density at radius 2 is 1.80 bits per heavy atom. The molecule has 0 saturated carbocycles. The maximum Gasteiger partial charge on any atom is 0.416 e. The van der Waals surface area contributed by atoms with Crippen LogP contribution in [0.5, 0.6) is 0 Å². The van der Waals surface area contributed by atoms with E-state index < -0.39 is 22.4 Å². The van der Waals surface area contributed by atoms with Gasteiger partial charge in [0.2, 0.25) is 5.91 Å². The number of carbonyl (C=O) groups excluding carboxylic acids is 1. The van der Waals surface area contributed by atoms with Gasteiger partial charge < -0.3 is 9.80 Å². The van der Waals surface area contributed by atoms with E-state index in [2.05, 4.69) is 4.90 Å². The summed E-state index contributed by atoms with van der Waals surface area (Å²) < 4.78 is 38.4. The second kappa shape index (κ2) is 9.13. The van der Waals surface area contributed by atoms with Crippen molar-refractivity contribution in [3.63, 3.8) is 0 Å². The van der Waals surface area contributed by atoms with Gasteiger partial charge in [-0.25, -0.2) is 0 Å². The van der Waals surface area contributed by atoms with Crippen molar-refractivity contribution in [3.8, 4) is 0 Å². The number of alkyl halides is 3. The molecule has 6 nitrogen and oxygen atoms in total. The van der Waals surface area contributed by atoms with Crippen LogP contribution in [0.3, 0.4) is 0 Å². The fraction of sp³-hybridized carbons (Fsp3) is 0.316. The molecule has 1 aliphatic heterocycles. The fourth-order valence-electron chi connectivity index (χ4n) is 3.09. The Hall–Kier alpha value is -2.46. The van der Waals surface area contributed by atoms with Crippen molar-refractivity contribution >= 4 is 40.6 Å². The van der Waals surface area contributed by atoms with Gasteiger partial charge in [-0.3, -0.25) is 14.9 Å². The fourth-order valence-corrected chi connectivity index (χ4v) is 4.26. The molecule has 160 valence electrons. The minimum absolute atomic E-state index is 0.0241. The highest BCUT2D eigenvalue weighted by Crippen LogP contribution is 2.36. The summed E-state index contributed by atoms with van der Waals surface area (Å²) in [5, 5.41) is 11.8. The number of benzene rings is 2. The Morgan fingerprint density at radius 1 is 1.13 bits per heavy atom. The number of rotatable bonds is 5. The van der Waals surface area contributed by atoms with E-state index in [4.69, 9.17) is 11.6 Å². The first-order chi connectivity index (χ1) is 14.2. The molecule has 1 heterocycles. The van der Waals surface area contributed by atoms with Gasteiger partial charge in [-0.1, -0.05) is 23.7 Å². The van der Waals surface area contributed by atoms with Crippen LogP contribution in [-0.2, 0) is 11.0 Å². The van der Waals surface area contributed by atoms with Crippen LogP contribution in [0, 0.1) is 10.1 Å². The maximum atomic E-state index is 12.8. The summed E-state index contributed by atoms with van der Waals surface area (Å²) in [6, 6.07) is 9.72. The van der Waals surface area contributed by atoms with Gasteiger partial charge in [-0.05, 0) is 24.3 Å². The normalized spacial score (nSPS) is 14.7. The predicted octanol–water partition coefficient (Wildman–Crippen LogP) is 4.71.